The molecule has 0 spiro atoms. The molecule has 0 saturated heterocycles. The number of rotatable bonds is 7. The minimum atomic E-state index is 0. The lowest BCUT2D eigenvalue weighted by molar-refractivity contribution is 0.115. The molecule has 0 heterocycles. The summed E-state index contributed by atoms with van der Waals surface area (Å²) in [7, 11) is 13.0. The van der Waals surface area contributed by atoms with Crippen LogP contribution in [0.2, 0.25) is 0 Å². The van der Waals surface area contributed by atoms with E-state index in [2.05, 4.69) is 77.5 Å². The Hall–Kier alpha value is -3.49. The smallest absolute Gasteiger partial charge is 0.0644 e. The van der Waals surface area contributed by atoms with Gasteiger partial charge in [0.25, 0.3) is 0 Å². The van der Waals surface area contributed by atoms with Gasteiger partial charge in [-0.05, 0) is 33.6 Å². The van der Waals surface area contributed by atoms with Gasteiger partial charge < -0.3 is 28.4 Å². The fourth-order valence-electron chi connectivity index (χ4n) is 2.48. The molecular weight excluding hydrogens is 766 g/mol. The lowest BCUT2D eigenvalue weighted by atomic mass is 10.1. The predicted octanol–water partition coefficient (Wildman–Crippen LogP) is 15.0. The van der Waals surface area contributed by atoms with E-state index in [1.54, 1.807) is 63.0 Å². The average Bonchev–Trinajstić information content (AvgIpc) is 3.31. The van der Waals surface area contributed by atoms with Gasteiger partial charge in [-0.3, -0.25) is 0 Å². The minimum Gasteiger partial charge on any atom is -0.388 e. The normalized spacial score (nSPS) is 7.65. The lowest BCUT2D eigenvalue weighted by Gasteiger charge is -2.05. The molecule has 4 rings (SSSR count). The molecule has 1 unspecified atom stereocenters. The van der Waals surface area contributed by atoms with Gasteiger partial charge in [0, 0.05) is 93.5 Å². The molecule has 0 aromatic heterocycles. The number of hydrogen-bond donors (Lipinski definition) is 0. The lowest BCUT2D eigenvalue weighted by Crippen LogP contribution is -2.03. The largest absolute Gasteiger partial charge is 0.388 e. The average molecular weight is 869 g/mol. The SMILES string of the molecule is C=CCOCC.CC.CC.CC.CC.CCOCC(C)CC.COC.COC.COC.COC.Cc1ccccc1.Cc1ccccc1.[B].[B].c1ccccc1.c1ccccc1. The molecule has 4 aromatic rings. The van der Waals surface area contributed by atoms with E-state index in [0.29, 0.717) is 6.61 Å². The summed E-state index contributed by atoms with van der Waals surface area (Å²) in [5.41, 5.74) is 2.64. The molecule has 360 valence electrons. The maximum atomic E-state index is 5.19. The van der Waals surface area contributed by atoms with Gasteiger partial charge >= 0.3 is 0 Å². The zero-order valence-corrected chi connectivity index (χ0v) is 44.7. The summed E-state index contributed by atoms with van der Waals surface area (Å²) in [6.45, 7) is 35.3. The van der Waals surface area contributed by atoms with Gasteiger partial charge in [0.05, 0.1) is 6.61 Å². The van der Waals surface area contributed by atoms with Crippen molar-refractivity contribution in [3.63, 3.8) is 0 Å². The van der Waals surface area contributed by atoms with Crippen molar-refractivity contribution < 1.29 is 28.4 Å². The van der Waals surface area contributed by atoms with Crippen molar-refractivity contribution in [2.45, 2.75) is 103 Å². The van der Waals surface area contributed by atoms with E-state index in [0.717, 1.165) is 25.7 Å². The molecule has 0 bridgehead atoms. The first-order chi connectivity index (χ1) is 29.2. The van der Waals surface area contributed by atoms with Crippen LogP contribution in [0.25, 0.3) is 0 Å². The highest BCUT2D eigenvalue weighted by Gasteiger charge is 1.94. The molecule has 6 radical (unpaired) electrons. The van der Waals surface area contributed by atoms with Gasteiger partial charge in [0.15, 0.2) is 0 Å². The summed E-state index contributed by atoms with van der Waals surface area (Å²) in [6.07, 6.45) is 2.96. The molecular formula is C54H102B2O6. The Bertz CT molecular complexity index is 903. The van der Waals surface area contributed by atoms with Crippen molar-refractivity contribution in [3.8, 4) is 0 Å². The van der Waals surface area contributed by atoms with Crippen LogP contribution in [-0.4, -0.2) is 100 Å². The Balaban J connectivity index is -0.0000000445. The second kappa shape index (κ2) is 118. The van der Waals surface area contributed by atoms with E-state index in [4.69, 9.17) is 9.47 Å². The van der Waals surface area contributed by atoms with E-state index in [9.17, 15) is 0 Å². The highest BCUT2D eigenvalue weighted by molar-refractivity contribution is 5.76. The van der Waals surface area contributed by atoms with Crippen LogP contribution < -0.4 is 0 Å². The summed E-state index contributed by atoms with van der Waals surface area (Å²) in [6, 6.07) is 44.5. The van der Waals surface area contributed by atoms with E-state index < -0.39 is 0 Å². The van der Waals surface area contributed by atoms with Gasteiger partial charge in [0.1, 0.15) is 0 Å². The van der Waals surface area contributed by atoms with Crippen LogP contribution in [0.4, 0.5) is 0 Å². The maximum Gasteiger partial charge on any atom is 0.0644 e. The molecule has 0 N–H and O–H groups in total. The highest BCUT2D eigenvalue weighted by atomic mass is 16.5. The highest BCUT2D eigenvalue weighted by Crippen LogP contribution is 1.99. The monoisotopic (exact) mass is 869 g/mol. The molecule has 0 fully saturated rings. The first-order valence-corrected chi connectivity index (χ1v) is 21.6. The third kappa shape index (κ3) is 155. The van der Waals surface area contributed by atoms with Gasteiger partial charge in [0.2, 0.25) is 0 Å². The summed E-state index contributed by atoms with van der Waals surface area (Å²) in [5, 5.41) is 0. The molecule has 1 atom stereocenters. The fourth-order valence-corrected chi connectivity index (χ4v) is 2.48. The zero-order valence-electron chi connectivity index (χ0n) is 44.7. The topological polar surface area (TPSA) is 55.4 Å². The van der Waals surface area contributed by atoms with Gasteiger partial charge in [-0.25, -0.2) is 0 Å². The van der Waals surface area contributed by atoms with Crippen molar-refractivity contribution >= 4 is 16.8 Å². The number of aryl methyl sites for hydroxylation is 2. The molecule has 0 saturated carbocycles. The molecule has 0 amide bonds. The second-order valence-corrected chi connectivity index (χ2v) is 10.4. The molecule has 8 heteroatoms. The Labute approximate surface area is 393 Å². The molecule has 62 heavy (non-hydrogen) atoms. The van der Waals surface area contributed by atoms with Crippen molar-refractivity contribution in [1.29, 1.82) is 0 Å². The fraction of sp³-hybridized carbons (Fsp3) is 0.519. The first kappa shape index (κ1) is 89.5. The third-order valence-electron chi connectivity index (χ3n) is 4.96. The molecule has 0 aliphatic carbocycles. The standard InChI is InChI=1S/C7H16O.2C7H8.2C6H6.C5H10O.4C2H6O.4C2H6.2B/c1-4-7(3)6-8-5-2;2*1-7-5-3-2-4-6-7;2*1-2-4-6-5-3-1;1-3-5-6-4-2;4*1-3-2;4*1-2;;/h7H,4-6H2,1-3H3;2*2-6H,1H3;2*1-6H;3H,1,4-5H2,2H3;4*1-2H3;4*1-2H3;;. The van der Waals surface area contributed by atoms with Crippen LogP contribution in [0.1, 0.15) is 101 Å². The predicted molar refractivity (Wildman–Crippen MR) is 287 cm³/mol. The number of ether oxygens (including phenoxy) is 6. The van der Waals surface area contributed by atoms with E-state index in [1.165, 1.54) is 17.5 Å². The molecule has 0 aliphatic rings. The first-order valence-electron chi connectivity index (χ1n) is 21.6. The van der Waals surface area contributed by atoms with Crippen molar-refractivity contribution in [1.82, 2.24) is 0 Å². The maximum absolute atomic E-state index is 5.19. The van der Waals surface area contributed by atoms with Crippen molar-refractivity contribution in [2.75, 3.05) is 83.3 Å². The minimum absolute atomic E-state index is 0. The quantitative estimate of drug-likeness (QED) is 0.105. The van der Waals surface area contributed by atoms with E-state index in [-0.39, 0.29) is 16.8 Å². The van der Waals surface area contributed by atoms with Gasteiger partial charge in [-0.1, -0.05) is 226 Å². The van der Waals surface area contributed by atoms with Crippen molar-refractivity contribution in [2.24, 2.45) is 5.92 Å². The van der Waals surface area contributed by atoms with Crippen molar-refractivity contribution in [3.05, 3.63) is 157 Å². The molecule has 6 nitrogen and oxygen atoms in total. The van der Waals surface area contributed by atoms with Crippen LogP contribution in [0.3, 0.4) is 0 Å². The number of benzene rings is 4. The van der Waals surface area contributed by atoms with Crippen LogP contribution in [-0.2, 0) is 28.4 Å². The van der Waals surface area contributed by atoms with E-state index in [1.807, 2.05) is 178 Å². The number of methoxy groups -OCH3 is 4. The molecule has 4 aromatic carbocycles. The summed E-state index contributed by atoms with van der Waals surface area (Å²) in [4.78, 5) is 0. The second-order valence-electron chi connectivity index (χ2n) is 10.4. The van der Waals surface area contributed by atoms with Crippen LogP contribution >= 0.6 is 0 Å². The number of hydrogen-bond acceptors (Lipinski definition) is 6. The summed E-state index contributed by atoms with van der Waals surface area (Å²) in [5.74, 6) is 0.731. The van der Waals surface area contributed by atoms with Crippen LogP contribution in [0, 0.1) is 19.8 Å². The summed E-state index contributed by atoms with van der Waals surface area (Å²) < 4.78 is 27.1. The summed E-state index contributed by atoms with van der Waals surface area (Å²) >= 11 is 0. The Morgan fingerprint density at radius 3 is 0.726 bits per heavy atom. The Kier molecular flexibility index (Phi) is 170. The zero-order chi connectivity index (χ0) is 48.8. The Morgan fingerprint density at radius 2 is 0.613 bits per heavy atom. The third-order valence-corrected chi connectivity index (χ3v) is 4.96. The van der Waals surface area contributed by atoms with Gasteiger partial charge in [-0.2, -0.15) is 0 Å². The Morgan fingerprint density at radius 1 is 0.419 bits per heavy atom. The molecule has 0 aliphatic heterocycles. The van der Waals surface area contributed by atoms with Crippen LogP contribution in [0.15, 0.2) is 146 Å². The van der Waals surface area contributed by atoms with Crippen LogP contribution in [0.5, 0.6) is 0 Å². The van der Waals surface area contributed by atoms with Gasteiger partial charge in [-0.15, -0.1) is 6.58 Å². The van der Waals surface area contributed by atoms with E-state index >= 15 is 0 Å².